The molecule has 0 saturated carbocycles. The summed E-state index contributed by atoms with van der Waals surface area (Å²) >= 11 is 0. The van der Waals surface area contributed by atoms with Gasteiger partial charge in [-0.25, -0.2) is 13.2 Å². The predicted octanol–water partition coefficient (Wildman–Crippen LogP) is 4.19. The molecule has 0 unspecified atom stereocenters. The first-order chi connectivity index (χ1) is 16.5. The fourth-order valence-electron chi connectivity index (χ4n) is 3.95. The standard InChI is InChI=1S/C26H27NO6S/c28-26(31-19-22-14-8-3-9-15-22)27-23(18-21-12-6-2-7-13-21)25-24(32-34(29,30)33-25)17-16-20-10-4-1-5-11-20/h1-15,23-25H,16-19H2,(H,27,28)/t23-,24+,25+/m0/s1. The van der Waals surface area contributed by atoms with Crippen molar-refractivity contribution in [2.24, 2.45) is 0 Å². The second kappa shape index (κ2) is 11.3. The van der Waals surface area contributed by atoms with Crippen molar-refractivity contribution in [2.75, 3.05) is 0 Å². The lowest BCUT2D eigenvalue weighted by molar-refractivity contribution is 0.0935. The average Bonchev–Trinajstić information content (AvgIpc) is 3.17. The van der Waals surface area contributed by atoms with Crippen LogP contribution in [0.25, 0.3) is 0 Å². The third-order valence-electron chi connectivity index (χ3n) is 5.61. The van der Waals surface area contributed by atoms with Crippen molar-refractivity contribution in [3.63, 3.8) is 0 Å². The van der Waals surface area contributed by atoms with E-state index in [1.54, 1.807) is 0 Å². The van der Waals surface area contributed by atoms with Crippen molar-refractivity contribution in [2.45, 2.75) is 44.1 Å². The number of carbonyl (C=O) groups is 1. The molecule has 3 atom stereocenters. The molecule has 1 amide bonds. The van der Waals surface area contributed by atoms with Gasteiger partial charge in [0.25, 0.3) is 0 Å². The average molecular weight is 482 g/mol. The summed E-state index contributed by atoms with van der Waals surface area (Å²) in [5, 5.41) is 2.81. The second-order valence-electron chi connectivity index (χ2n) is 8.13. The summed E-state index contributed by atoms with van der Waals surface area (Å²) in [4.78, 5) is 12.6. The van der Waals surface area contributed by atoms with Crippen molar-refractivity contribution >= 4 is 16.5 Å². The van der Waals surface area contributed by atoms with E-state index in [4.69, 9.17) is 13.1 Å². The lowest BCUT2D eigenvalue weighted by Gasteiger charge is -2.26. The highest BCUT2D eigenvalue weighted by molar-refractivity contribution is 7.82. The number of hydrogen-bond donors (Lipinski definition) is 1. The van der Waals surface area contributed by atoms with E-state index >= 15 is 0 Å². The predicted molar refractivity (Wildman–Crippen MR) is 127 cm³/mol. The summed E-state index contributed by atoms with van der Waals surface area (Å²) in [7, 11) is -4.17. The number of hydrogen-bond acceptors (Lipinski definition) is 6. The van der Waals surface area contributed by atoms with Crippen molar-refractivity contribution in [3.05, 3.63) is 108 Å². The summed E-state index contributed by atoms with van der Waals surface area (Å²) in [6.07, 6.45) is -0.907. The van der Waals surface area contributed by atoms with Crippen LogP contribution in [0.3, 0.4) is 0 Å². The molecular weight excluding hydrogens is 454 g/mol. The molecule has 1 aliphatic heterocycles. The first kappa shape index (κ1) is 23.9. The molecule has 1 fully saturated rings. The topological polar surface area (TPSA) is 90.9 Å². The van der Waals surface area contributed by atoms with Gasteiger partial charge in [0.05, 0.1) is 6.04 Å². The number of rotatable bonds is 9. The number of ether oxygens (including phenoxy) is 1. The Bertz CT molecular complexity index is 1160. The molecule has 0 bridgehead atoms. The molecule has 4 rings (SSSR count). The number of nitrogens with one attached hydrogen (secondary N) is 1. The van der Waals surface area contributed by atoms with Gasteiger partial charge in [-0.2, -0.15) is 8.42 Å². The van der Waals surface area contributed by atoms with Crippen LogP contribution in [-0.2, 0) is 43.0 Å². The van der Waals surface area contributed by atoms with E-state index in [-0.39, 0.29) is 6.61 Å². The van der Waals surface area contributed by atoms with E-state index in [0.717, 1.165) is 16.7 Å². The Labute approximate surface area is 200 Å². The maximum atomic E-state index is 12.6. The van der Waals surface area contributed by atoms with Crippen LogP contribution in [-0.4, -0.2) is 32.8 Å². The molecule has 1 N–H and O–H groups in total. The van der Waals surface area contributed by atoms with Gasteiger partial charge in [0, 0.05) is 0 Å². The zero-order valence-electron chi connectivity index (χ0n) is 18.6. The van der Waals surface area contributed by atoms with Gasteiger partial charge in [-0.15, -0.1) is 0 Å². The molecule has 8 heteroatoms. The number of alkyl carbamates (subject to hydrolysis) is 1. The first-order valence-electron chi connectivity index (χ1n) is 11.1. The molecule has 0 spiro atoms. The molecular formula is C26H27NO6S. The summed E-state index contributed by atoms with van der Waals surface area (Å²) in [5.74, 6) is 0. The molecule has 0 aliphatic carbocycles. The Morgan fingerprint density at radius 2 is 1.38 bits per heavy atom. The van der Waals surface area contributed by atoms with Crippen LogP contribution in [0.5, 0.6) is 0 Å². The molecule has 0 aromatic heterocycles. The second-order valence-corrected chi connectivity index (χ2v) is 9.33. The highest BCUT2D eigenvalue weighted by Gasteiger charge is 2.45. The quantitative estimate of drug-likeness (QED) is 0.493. The van der Waals surface area contributed by atoms with E-state index in [2.05, 4.69) is 5.32 Å². The molecule has 1 aliphatic rings. The van der Waals surface area contributed by atoms with Crippen molar-refractivity contribution in [1.29, 1.82) is 0 Å². The van der Waals surface area contributed by atoms with Crippen molar-refractivity contribution < 1.29 is 26.3 Å². The van der Waals surface area contributed by atoms with E-state index in [1.807, 2.05) is 91.0 Å². The van der Waals surface area contributed by atoms with E-state index in [9.17, 15) is 13.2 Å². The SMILES string of the molecule is O=C(N[C@@H](Cc1ccccc1)[C@H]1OS(=O)(=O)O[C@@H]1CCc1ccccc1)OCc1ccccc1. The molecule has 0 radical (unpaired) electrons. The van der Waals surface area contributed by atoms with Crippen LogP contribution in [0.15, 0.2) is 91.0 Å². The minimum Gasteiger partial charge on any atom is -0.445 e. The van der Waals surface area contributed by atoms with Crippen LogP contribution in [0.4, 0.5) is 4.79 Å². The van der Waals surface area contributed by atoms with E-state index in [1.165, 1.54) is 0 Å². The molecule has 3 aromatic carbocycles. The molecule has 7 nitrogen and oxygen atoms in total. The normalized spacial score (nSPS) is 19.9. The van der Waals surface area contributed by atoms with E-state index < -0.39 is 34.7 Å². The van der Waals surface area contributed by atoms with Crippen LogP contribution >= 0.6 is 0 Å². The van der Waals surface area contributed by atoms with Crippen LogP contribution in [0, 0.1) is 0 Å². The van der Waals surface area contributed by atoms with Gasteiger partial charge in [-0.3, -0.25) is 0 Å². The Balaban J connectivity index is 1.48. The first-order valence-corrected chi connectivity index (χ1v) is 12.5. The Morgan fingerprint density at radius 3 is 2.00 bits per heavy atom. The van der Waals surface area contributed by atoms with Crippen LogP contribution in [0.1, 0.15) is 23.1 Å². The van der Waals surface area contributed by atoms with Gasteiger partial charge in [-0.05, 0) is 36.0 Å². The van der Waals surface area contributed by atoms with E-state index in [0.29, 0.717) is 19.3 Å². The zero-order chi connectivity index (χ0) is 23.8. The maximum absolute atomic E-state index is 12.6. The monoisotopic (exact) mass is 481 g/mol. The highest BCUT2D eigenvalue weighted by Crippen LogP contribution is 2.28. The molecule has 34 heavy (non-hydrogen) atoms. The summed E-state index contributed by atoms with van der Waals surface area (Å²) in [6, 6.07) is 27.8. The minimum atomic E-state index is -4.17. The van der Waals surface area contributed by atoms with Crippen LogP contribution < -0.4 is 5.32 Å². The van der Waals surface area contributed by atoms with Gasteiger partial charge in [0.1, 0.15) is 18.8 Å². The largest absolute Gasteiger partial charge is 0.445 e. The fourth-order valence-corrected chi connectivity index (χ4v) is 5.04. The molecule has 1 saturated heterocycles. The van der Waals surface area contributed by atoms with Gasteiger partial charge < -0.3 is 10.1 Å². The number of benzene rings is 3. The number of amides is 1. The lowest BCUT2D eigenvalue weighted by atomic mass is 9.94. The van der Waals surface area contributed by atoms with Gasteiger partial charge in [-0.1, -0.05) is 91.0 Å². The summed E-state index contributed by atoms with van der Waals surface area (Å²) in [6.45, 7) is 0.0997. The lowest BCUT2D eigenvalue weighted by Crippen LogP contribution is -2.49. The number of carbonyl (C=O) groups excluding carboxylic acids is 1. The van der Waals surface area contributed by atoms with Crippen molar-refractivity contribution in [1.82, 2.24) is 5.32 Å². The Kier molecular flexibility index (Phi) is 7.95. The zero-order valence-corrected chi connectivity index (χ0v) is 19.4. The smallest absolute Gasteiger partial charge is 0.407 e. The highest BCUT2D eigenvalue weighted by atomic mass is 32.3. The third-order valence-corrected chi connectivity index (χ3v) is 6.55. The van der Waals surface area contributed by atoms with Crippen molar-refractivity contribution in [3.8, 4) is 0 Å². The van der Waals surface area contributed by atoms with Gasteiger partial charge in [0.15, 0.2) is 0 Å². The van der Waals surface area contributed by atoms with Gasteiger partial charge >= 0.3 is 16.5 Å². The van der Waals surface area contributed by atoms with Crippen LogP contribution in [0.2, 0.25) is 0 Å². The fraction of sp³-hybridized carbons (Fsp3) is 0.269. The summed E-state index contributed by atoms with van der Waals surface area (Å²) < 4.78 is 40.4. The Morgan fingerprint density at radius 1 is 0.824 bits per heavy atom. The maximum Gasteiger partial charge on any atom is 0.407 e. The number of aryl methyl sites for hydroxylation is 1. The Hall–Kier alpha value is -3.20. The molecule has 3 aromatic rings. The third kappa shape index (κ3) is 6.90. The summed E-state index contributed by atoms with van der Waals surface area (Å²) in [5.41, 5.74) is 2.83. The molecule has 1 heterocycles. The molecule has 178 valence electrons. The van der Waals surface area contributed by atoms with Gasteiger partial charge in [0.2, 0.25) is 0 Å². The minimum absolute atomic E-state index is 0.0997.